The molecule has 0 spiro atoms. The minimum absolute atomic E-state index is 0.159. The second kappa shape index (κ2) is 8.55. The van der Waals surface area contributed by atoms with Gasteiger partial charge in [-0.3, -0.25) is 0 Å². The molecule has 7 rings (SSSR count). The molecule has 0 saturated carbocycles. The van der Waals surface area contributed by atoms with Crippen LogP contribution in [0.1, 0.15) is 22.6 Å². The van der Waals surface area contributed by atoms with Gasteiger partial charge < -0.3 is 4.42 Å². The van der Waals surface area contributed by atoms with Crippen molar-refractivity contribution in [1.82, 2.24) is 0 Å². The summed E-state index contributed by atoms with van der Waals surface area (Å²) in [7, 11) is 0. The van der Waals surface area contributed by atoms with Crippen LogP contribution in [0.5, 0.6) is 0 Å². The fourth-order valence-corrected chi connectivity index (χ4v) is 5.44. The molecule has 0 fully saturated rings. The lowest BCUT2D eigenvalue weighted by Crippen LogP contribution is -2.03. The normalized spacial score (nSPS) is 12.3. The summed E-state index contributed by atoms with van der Waals surface area (Å²) in [5.41, 5.74) is 8.02. The molecule has 1 atom stereocenters. The van der Waals surface area contributed by atoms with Gasteiger partial charge >= 0.3 is 0 Å². The van der Waals surface area contributed by atoms with Crippen LogP contribution in [0.25, 0.3) is 43.8 Å². The summed E-state index contributed by atoms with van der Waals surface area (Å²) in [4.78, 5) is 0. The zero-order valence-corrected chi connectivity index (χ0v) is 19.8. The highest BCUT2D eigenvalue weighted by atomic mass is 16.3. The van der Waals surface area contributed by atoms with E-state index in [0.717, 1.165) is 33.1 Å². The van der Waals surface area contributed by atoms with E-state index in [1.165, 1.54) is 27.5 Å². The van der Waals surface area contributed by atoms with Gasteiger partial charge in [0.15, 0.2) is 0 Å². The quantitative estimate of drug-likeness (QED) is 0.238. The molecule has 170 valence electrons. The van der Waals surface area contributed by atoms with E-state index in [0.29, 0.717) is 0 Å². The van der Waals surface area contributed by atoms with E-state index < -0.39 is 0 Å². The average Bonchev–Trinajstić information content (AvgIpc) is 3.33. The SMILES string of the molecule is c1ccc(C(c2ccc(-c3cccc4c3oc3ccccc34)cc2)c2ccc3ccccc3c2)cc1. The van der Waals surface area contributed by atoms with Crippen LogP contribution in [0, 0.1) is 0 Å². The highest BCUT2D eigenvalue weighted by Crippen LogP contribution is 2.38. The van der Waals surface area contributed by atoms with E-state index >= 15 is 0 Å². The standard InChI is InChI=1S/C35H24O/c1-2-10-26(11-3-1)34(29-22-17-24-9-4-5-12-28(24)23-29)27-20-18-25(19-21-27)30-14-8-15-32-31-13-6-7-16-33(31)36-35(30)32/h1-23,34H. The molecule has 1 heterocycles. The van der Waals surface area contributed by atoms with Crippen LogP contribution >= 0.6 is 0 Å². The van der Waals surface area contributed by atoms with Gasteiger partial charge in [0.1, 0.15) is 11.2 Å². The van der Waals surface area contributed by atoms with Gasteiger partial charge in [0.05, 0.1) is 0 Å². The van der Waals surface area contributed by atoms with Crippen molar-refractivity contribution in [2.24, 2.45) is 0 Å². The molecule has 7 aromatic rings. The summed E-state index contributed by atoms with van der Waals surface area (Å²) in [6.07, 6.45) is 0. The Morgan fingerprint density at radius 2 is 1.11 bits per heavy atom. The molecular formula is C35H24O. The monoisotopic (exact) mass is 460 g/mol. The summed E-state index contributed by atoms with van der Waals surface area (Å²) in [5, 5.41) is 4.85. The summed E-state index contributed by atoms with van der Waals surface area (Å²) >= 11 is 0. The molecule has 0 N–H and O–H groups in total. The predicted octanol–water partition coefficient (Wildman–Crippen LogP) is 9.59. The maximum atomic E-state index is 6.30. The number of hydrogen-bond acceptors (Lipinski definition) is 1. The van der Waals surface area contributed by atoms with Gasteiger partial charge in [-0.05, 0) is 39.1 Å². The zero-order valence-electron chi connectivity index (χ0n) is 19.8. The molecule has 1 aromatic heterocycles. The van der Waals surface area contributed by atoms with E-state index in [2.05, 4.69) is 127 Å². The van der Waals surface area contributed by atoms with Crippen LogP contribution in [0.4, 0.5) is 0 Å². The van der Waals surface area contributed by atoms with Crippen molar-refractivity contribution in [3.8, 4) is 11.1 Å². The second-order valence-electron chi connectivity index (χ2n) is 9.35. The Labute approximate surface area is 210 Å². The van der Waals surface area contributed by atoms with Crippen molar-refractivity contribution >= 4 is 32.7 Å². The molecule has 0 radical (unpaired) electrons. The third-order valence-electron chi connectivity index (χ3n) is 7.20. The van der Waals surface area contributed by atoms with Gasteiger partial charge in [0, 0.05) is 22.3 Å². The maximum Gasteiger partial charge on any atom is 0.143 e. The van der Waals surface area contributed by atoms with E-state index in [4.69, 9.17) is 4.42 Å². The number of fused-ring (bicyclic) bond motifs is 4. The number of para-hydroxylation sites is 2. The Morgan fingerprint density at radius 3 is 1.97 bits per heavy atom. The smallest absolute Gasteiger partial charge is 0.143 e. The van der Waals surface area contributed by atoms with Crippen LogP contribution in [-0.4, -0.2) is 0 Å². The highest BCUT2D eigenvalue weighted by Gasteiger charge is 2.18. The predicted molar refractivity (Wildman–Crippen MR) is 150 cm³/mol. The third-order valence-corrected chi connectivity index (χ3v) is 7.20. The Bertz CT molecular complexity index is 1820. The lowest BCUT2D eigenvalue weighted by Gasteiger charge is -2.20. The van der Waals surface area contributed by atoms with Crippen LogP contribution in [-0.2, 0) is 0 Å². The molecular weight excluding hydrogens is 436 g/mol. The van der Waals surface area contributed by atoms with Gasteiger partial charge in [-0.25, -0.2) is 0 Å². The van der Waals surface area contributed by atoms with Crippen molar-refractivity contribution in [2.45, 2.75) is 5.92 Å². The number of hydrogen-bond donors (Lipinski definition) is 0. The van der Waals surface area contributed by atoms with Crippen molar-refractivity contribution in [3.63, 3.8) is 0 Å². The van der Waals surface area contributed by atoms with Crippen LogP contribution in [0.3, 0.4) is 0 Å². The Hall–Kier alpha value is -4.62. The first kappa shape index (κ1) is 20.7. The van der Waals surface area contributed by atoms with Crippen LogP contribution in [0.2, 0.25) is 0 Å². The molecule has 0 aliphatic rings. The average molecular weight is 461 g/mol. The van der Waals surface area contributed by atoms with Crippen LogP contribution in [0.15, 0.2) is 144 Å². The van der Waals surface area contributed by atoms with E-state index in [9.17, 15) is 0 Å². The molecule has 0 amide bonds. The Morgan fingerprint density at radius 1 is 0.444 bits per heavy atom. The van der Waals surface area contributed by atoms with Gasteiger partial charge in [-0.1, -0.05) is 133 Å². The summed E-state index contributed by atoms with van der Waals surface area (Å²) in [6, 6.07) is 49.8. The molecule has 1 heteroatoms. The van der Waals surface area contributed by atoms with E-state index in [1.54, 1.807) is 0 Å². The number of rotatable bonds is 4. The van der Waals surface area contributed by atoms with Gasteiger partial charge in [0.2, 0.25) is 0 Å². The molecule has 0 aliphatic heterocycles. The second-order valence-corrected chi connectivity index (χ2v) is 9.35. The van der Waals surface area contributed by atoms with E-state index in [-0.39, 0.29) is 5.92 Å². The lowest BCUT2D eigenvalue weighted by molar-refractivity contribution is 0.670. The molecule has 1 nitrogen and oxygen atoms in total. The summed E-state index contributed by atoms with van der Waals surface area (Å²) < 4.78 is 6.30. The first-order chi connectivity index (χ1) is 17.8. The molecule has 1 unspecified atom stereocenters. The first-order valence-electron chi connectivity index (χ1n) is 12.4. The number of benzene rings is 6. The van der Waals surface area contributed by atoms with Gasteiger partial charge in [-0.15, -0.1) is 0 Å². The van der Waals surface area contributed by atoms with Gasteiger partial charge in [-0.2, -0.15) is 0 Å². The summed E-state index contributed by atoms with van der Waals surface area (Å²) in [6.45, 7) is 0. The molecule has 0 bridgehead atoms. The fraction of sp³-hybridized carbons (Fsp3) is 0.0286. The van der Waals surface area contributed by atoms with E-state index in [1.807, 2.05) is 12.1 Å². The van der Waals surface area contributed by atoms with Crippen molar-refractivity contribution in [1.29, 1.82) is 0 Å². The topological polar surface area (TPSA) is 13.1 Å². The highest BCUT2D eigenvalue weighted by molar-refractivity contribution is 6.09. The van der Waals surface area contributed by atoms with Gasteiger partial charge in [0.25, 0.3) is 0 Å². The maximum absolute atomic E-state index is 6.30. The Kier molecular flexibility index (Phi) is 4.92. The van der Waals surface area contributed by atoms with Crippen molar-refractivity contribution < 1.29 is 4.42 Å². The Balaban J connectivity index is 1.34. The zero-order chi connectivity index (χ0) is 23.9. The lowest BCUT2D eigenvalue weighted by atomic mass is 9.84. The van der Waals surface area contributed by atoms with Crippen LogP contribution < -0.4 is 0 Å². The molecule has 6 aromatic carbocycles. The molecule has 0 saturated heterocycles. The first-order valence-corrected chi connectivity index (χ1v) is 12.4. The number of furan rings is 1. The summed E-state index contributed by atoms with van der Waals surface area (Å²) in [5.74, 6) is 0.159. The third kappa shape index (κ3) is 3.49. The minimum atomic E-state index is 0.159. The van der Waals surface area contributed by atoms with Crippen molar-refractivity contribution in [3.05, 3.63) is 156 Å². The fourth-order valence-electron chi connectivity index (χ4n) is 5.44. The molecule has 0 aliphatic carbocycles. The molecule has 36 heavy (non-hydrogen) atoms. The minimum Gasteiger partial charge on any atom is -0.455 e. The van der Waals surface area contributed by atoms with Crippen molar-refractivity contribution in [2.75, 3.05) is 0 Å². The largest absolute Gasteiger partial charge is 0.455 e.